The smallest absolute Gasteiger partial charge is 0.0964 e. The molecule has 2 aliphatic rings. The van der Waals surface area contributed by atoms with Crippen LogP contribution in [0.25, 0.3) is 0 Å². The Morgan fingerprint density at radius 3 is 2.81 bits per heavy atom. The predicted molar refractivity (Wildman–Crippen MR) is 61.0 cm³/mol. The van der Waals surface area contributed by atoms with Crippen LogP contribution in [0.2, 0.25) is 0 Å². The van der Waals surface area contributed by atoms with Crippen LogP contribution < -0.4 is 0 Å². The van der Waals surface area contributed by atoms with Crippen molar-refractivity contribution in [3.63, 3.8) is 0 Å². The predicted octanol–water partition coefficient (Wildman–Crippen LogP) is 0.878. The van der Waals surface area contributed by atoms with E-state index >= 15 is 0 Å². The lowest BCUT2D eigenvalue weighted by molar-refractivity contribution is -0.0105. The number of hydrogen-bond donors (Lipinski definition) is 1. The second-order valence-electron chi connectivity index (χ2n) is 4.80. The average molecular weight is 219 g/mol. The molecule has 3 rings (SSSR count). The molecule has 16 heavy (non-hydrogen) atoms. The minimum atomic E-state index is -0.243. The number of likely N-dealkylation sites (tertiary alicyclic amines) is 1. The quantitative estimate of drug-likeness (QED) is 0.801. The summed E-state index contributed by atoms with van der Waals surface area (Å²) in [6.07, 6.45) is -0.213. The van der Waals surface area contributed by atoms with Crippen LogP contribution in [-0.4, -0.2) is 41.9 Å². The molecule has 0 aliphatic carbocycles. The van der Waals surface area contributed by atoms with Gasteiger partial charge in [0, 0.05) is 25.6 Å². The maximum atomic E-state index is 9.84. The maximum absolute atomic E-state index is 9.84. The van der Waals surface area contributed by atoms with E-state index in [2.05, 4.69) is 29.2 Å². The second-order valence-corrected chi connectivity index (χ2v) is 4.80. The largest absolute Gasteiger partial charge is 0.390 e. The fourth-order valence-corrected chi connectivity index (χ4v) is 2.70. The summed E-state index contributed by atoms with van der Waals surface area (Å²) < 4.78 is 5.57. The molecule has 0 spiro atoms. The molecule has 3 heteroatoms. The van der Waals surface area contributed by atoms with Crippen molar-refractivity contribution >= 4 is 0 Å². The maximum Gasteiger partial charge on any atom is 0.0964 e. The fourth-order valence-electron chi connectivity index (χ4n) is 2.70. The van der Waals surface area contributed by atoms with Gasteiger partial charge in [-0.05, 0) is 5.56 Å². The third kappa shape index (κ3) is 1.86. The highest BCUT2D eigenvalue weighted by atomic mass is 16.5. The third-order valence-corrected chi connectivity index (χ3v) is 3.57. The number of ether oxygens (including phenoxy) is 1. The molecule has 3 atom stereocenters. The first-order valence-corrected chi connectivity index (χ1v) is 5.89. The van der Waals surface area contributed by atoms with E-state index in [1.807, 2.05) is 6.07 Å². The SMILES string of the molecule is OC1C2COC1CN(Cc1ccccc1)C2. The molecule has 1 N–H and O–H groups in total. The first-order chi connectivity index (χ1) is 7.83. The van der Waals surface area contributed by atoms with Gasteiger partial charge < -0.3 is 9.84 Å². The van der Waals surface area contributed by atoms with Gasteiger partial charge in [-0.3, -0.25) is 4.90 Å². The lowest BCUT2D eigenvalue weighted by Gasteiger charge is -2.33. The molecule has 0 aromatic heterocycles. The zero-order valence-electron chi connectivity index (χ0n) is 9.25. The lowest BCUT2D eigenvalue weighted by atomic mass is 9.96. The van der Waals surface area contributed by atoms with Crippen molar-refractivity contribution in [2.24, 2.45) is 5.92 Å². The van der Waals surface area contributed by atoms with Crippen molar-refractivity contribution in [1.82, 2.24) is 4.90 Å². The van der Waals surface area contributed by atoms with Crippen molar-refractivity contribution in [2.75, 3.05) is 19.7 Å². The highest BCUT2D eigenvalue weighted by Crippen LogP contribution is 2.28. The molecule has 2 saturated heterocycles. The molecule has 0 amide bonds. The average Bonchev–Trinajstić information content (AvgIpc) is 2.54. The fraction of sp³-hybridized carbons (Fsp3) is 0.538. The minimum absolute atomic E-state index is 0.0301. The molecular formula is C13H17NO2. The van der Waals surface area contributed by atoms with Gasteiger partial charge in [0.15, 0.2) is 0 Å². The summed E-state index contributed by atoms with van der Waals surface area (Å²) in [5.74, 6) is 0.308. The van der Waals surface area contributed by atoms with Crippen molar-refractivity contribution in [1.29, 1.82) is 0 Å². The number of rotatable bonds is 2. The zero-order chi connectivity index (χ0) is 11.0. The van der Waals surface area contributed by atoms with Crippen molar-refractivity contribution < 1.29 is 9.84 Å². The Hall–Kier alpha value is -0.900. The highest BCUT2D eigenvalue weighted by Gasteiger charge is 2.41. The van der Waals surface area contributed by atoms with Gasteiger partial charge in [-0.2, -0.15) is 0 Å². The minimum Gasteiger partial charge on any atom is -0.390 e. The van der Waals surface area contributed by atoms with E-state index in [4.69, 9.17) is 4.74 Å². The molecule has 0 saturated carbocycles. The van der Waals surface area contributed by atoms with Gasteiger partial charge in [0.2, 0.25) is 0 Å². The Bertz CT molecular complexity index is 340. The van der Waals surface area contributed by atoms with E-state index in [1.54, 1.807) is 0 Å². The number of fused-ring (bicyclic) bond motifs is 2. The van der Waals surface area contributed by atoms with Gasteiger partial charge in [-0.1, -0.05) is 30.3 Å². The van der Waals surface area contributed by atoms with Crippen LogP contribution in [0.1, 0.15) is 5.56 Å². The molecule has 2 fully saturated rings. The normalized spacial score (nSPS) is 34.2. The van der Waals surface area contributed by atoms with Gasteiger partial charge in [0.1, 0.15) is 0 Å². The van der Waals surface area contributed by atoms with Crippen molar-refractivity contribution in [3.05, 3.63) is 35.9 Å². The van der Waals surface area contributed by atoms with Crippen LogP contribution >= 0.6 is 0 Å². The molecule has 3 unspecified atom stereocenters. The monoisotopic (exact) mass is 219 g/mol. The Labute approximate surface area is 95.6 Å². The van der Waals surface area contributed by atoms with E-state index in [-0.39, 0.29) is 12.2 Å². The van der Waals surface area contributed by atoms with Gasteiger partial charge >= 0.3 is 0 Å². The van der Waals surface area contributed by atoms with Crippen LogP contribution in [0.4, 0.5) is 0 Å². The summed E-state index contributed by atoms with van der Waals surface area (Å²) in [5, 5.41) is 9.84. The number of aliphatic hydroxyl groups excluding tert-OH is 1. The van der Waals surface area contributed by atoms with Crippen LogP contribution in [0, 0.1) is 5.92 Å². The molecular weight excluding hydrogens is 202 g/mol. The molecule has 2 heterocycles. The topological polar surface area (TPSA) is 32.7 Å². The Kier molecular flexibility index (Phi) is 2.67. The Morgan fingerprint density at radius 1 is 1.25 bits per heavy atom. The Morgan fingerprint density at radius 2 is 2.06 bits per heavy atom. The molecule has 2 aliphatic heterocycles. The number of piperidine rings is 1. The van der Waals surface area contributed by atoms with Crippen LogP contribution in [0.3, 0.4) is 0 Å². The third-order valence-electron chi connectivity index (χ3n) is 3.57. The summed E-state index contributed by atoms with van der Waals surface area (Å²) in [7, 11) is 0. The summed E-state index contributed by atoms with van der Waals surface area (Å²) in [5.41, 5.74) is 1.33. The molecule has 1 aromatic rings. The van der Waals surface area contributed by atoms with Crippen molar-refractivity contribution in [3.8, 4) is 0 Å². The van der Waals surface area contributed by atoms with E-state index in [1.165, 1.54) is 5.56 Å². The van der Waals surface area contributed by atoms with Gasteiger partial charge in [-0.15, -0.1) is 0 Å². The summed E-state index contributed by atoms with van der Waals surface area (Å²) in [6.45, 7) is 3.49. The first-order valence-electron chi connectivity index (χ1n) is 5.89. The van der Waals surface area contributed by atoms with Gasteiger partial charge in [-0.25, -0.2) is 0 Å². The van der Waals surface area contributed by atoms with E-state index in [0.717, 1.165) is 26.2 Å². The molecule has 2 bridgehead atoms. The van der Waals surface area contributed by atoms with Crippen LogP contribution in [-0.2, 0) is 11.3 Å². The van der Waals surface area contributed by atoms with E-state index < -0.39 is 0 Å². The molecule has 86 valence electrons. The van der Waals surface area contributed by atoms with E-state index in [0.29, 0.717) is 5.92 Å². The van der Waals surface area contributed by atoms with Crippen LogP contribution in [0.5, 0.6) is 0 Å². The highest BCUT2D eigenvalue weighted by molar-refractivity contribution is 5.14. The molecule has 3 nitrogen and oxygen atoms in total. The number of hydrogen-bond acceptors (Lipinski definition) is 3. The van der Waals surface area contributed by atoms with Crippen LogP contribution in [0.15, 0.2) is 30.3 Å². The number of nitrogens with zero attached hydrogens (tertiary/aromatic N) is 1. The molecule has 1 aromatic carbocycles. The van der Waals surface area contributed by atoms with Gasteiger partial charge in [0.05, 0.1) is 18.8 Å². The number of benzene rings is 1. The lowest BCUT2D eigenvalue weighted by Crippen LogP contribution is -2.47. The van der Waals surface area contributed by atoms with Gasteiger partial charge in [0.25, 0.3) is 0 Å². The first kappa shape index (κ1) is 10.3. The van der Waals surface area contributed by atoms with E-state index in [9.17, 15) is 5.11 Å². The number of aliphatic hydroxyl groups is 1. The second kappa shape index (κ2) is 4.17. The summed E-state index contributed by atoms with van der Waals surface area (Å²) >= 11 is 0. The molecule has 0 radical (unpaired) electrons. The summed E-state index contributed by atoms with van der Waals surface area (Å²) in [6, 6.07) is 10.5. The standard InChI is InChI=1S/C13H17NO2/c15-13-11-7-14(8-12(13)16-9-11)6-10-4-2-1-3-5-10/h1-5,11-13,15H,6-9H2. The van der Waals surface area contributed by atoms with Crippen molar-refractivity contribution in [2.45, 2.75) is 18.8 Å². The zero-order valence-corrected chi connectivity index (χ0v) is 9.25. The summed E-state index contributed by atoms with van der Waals surface area (Å²) in [4.78, 5) is 2.38. The Balaban J connectivity index is 1.66.